The lowest BCUT2D eigenvalue weighted by molar-refractivity contribution is -0.149. The molecule has 4 N–H and O–H groups in total. The molecule has 2 aromatic rings. The van der Waals surface area contributed by atoms with Crippen molar-refractivity contribution in [3.63, 3.8) is 0 Å². The van der Waals surface area contributed by atoms with E-state index in [9.17, 15) is 9.18 Å². The first-order valence-electron chi connectivity index (χ1n) is 12.8. The highest BCUT2D eigenvalue weighted by Gasteiger charge is 2.55. The number of nitrogens with one attached hydrogen (secondary N) is 2. The summed E-state index contributed by atoms with van der Waals surface area (Å²) in [6.07, 6.45) is 5.92. The number of likely N-dealkylation sites (tertiary alicyclic amines) is 1. The molecule has 4 heterocycles. The number of nitrogens with two attached hydrogens (primary N) is 1. The summed E-state index contributed by atoms with van der Waals surface area (Å²) in [5.74, 6) is 0.0177. The van der Waals surface area contributed by atoms with Crippen LogP contribution in [0.15, 0.2) is 24.9 Å². The average Bonchev–Trinajstić information content (AvgIpc) is 3.39. The quantitative estimate of drug-likeness (QED) is 0.429. The van der Waals surface area contributed by atoms with Crippen LogP contribution in [0.2, 0.25) is 0 Å². The average molecular weight is 514 g/mol. The fourth-order valence-electron chi connectivity index (χ4n) is 7.16. The maximum Gasteiger partial charge on any atom is 0.245 e. The Morgan fingerprint density at radius 2 is 2.14 bits per heavy atom. The summed E-state index contributed by atoms with van der Waals surface area (Å²) in [5, 5.41) is 5.03. The first-order valence-corrected chi connectivity index (χ1v) is 13.2. The Hall–Kier alpha value is -2.49. The first kappa shape index (κ1) is 23.9. The molecule has 6 rings (SSSR count). The van der Waals surface area contributed by atoms with E-state index in [0.29, 0.717) is 23.4 Å². The molecule has 4 aliphatic rings. The van der Waals surface area contributed by atoms with Crippen molar-refractivity contribution in [3.05, 3.63) is 42.0 Å². The van der Waals surface area contributed by atoms with E-state index < -0.39 is 5.82 Å². The molecule has 0 radical (unpaired) electrons. The molecule has 5 atom stereocenters. The number of nitrogen functional groups attached to an aromatic ring is 1. The minimum Gasteiger partial charge on any atom is -0.381 e. The molecular formula is C26H33ClFN7O. The predicted octanol–water partition coefficient (Wildman–Crippen LogP) is 3.15. The third-order valence-electron chi connectivity index (χ3n) is 9.01. The second-order valence-corrected chi connectivity index (χ2v) is 11.8. The number of alkyl halides is 1. The Kier molecular flexibility index (Phi) is 5.66. The van der Waals surface area contributed by atoms with E-state index in [-0.39, 0.29) is 34.5 Å². The fourth-order valence-corrected chi connectivity index (χ4v) is 7.57. The maximum atomic E-state index is 14.5. The topological polar surface area (TPSA) is 101 Å². The Balaban J connectivity index is 1.38. The number of amides is 1. The SMILES string of the molecule is C=CC(=O)N1CC2(CC(n3nc(-c4cnc(N)c(F)c4)c(C4C(Cl)C(C)CC5NNCC54)c3C)C2)C1. The van der Waals surface area contributed by atoms with E-state index in [1.54, 1.807) is 6.20 Å². The highest BCUT2D eigenvalue weighted by Crippen LogP contribution is 2.56. The van der Waals surface area contributed by atoms with Crippen LogP contribution in [0.3, 0.4) is 0 Å². The second kappa shape index (κ2) is 8.53. The van der Waals surface area contributed by atoms with Crippen LogP contribution in [0, 0.1) is 30.0 Å². The zero-order valence-corrected chi connectivity index (χ0v) is 21.4. The van der Waals surface area contributed by atoms with Gasteiger partial charge in [-0.15, -0.1) is 11.6 Å². The van der Waals surface area contributed by atoms with Crippen LogP contribution in [-0.2, 0) is 4.79 Å². The molecule has 36 heavy (non-hydrogen) atoms. The number of fused-ring (bicyclic) bond motifs is 1. The van der Waals surface area contributed by atoms with Crippen LogP contribution in [0.4, 0.5) is 10.2 Å². The molecular weight excluding hydrogens is 481 g/mol. The van der Waals surface area contributed by atoms with Gasteiger partial charge in [0.15, 0.2) is 11.6 Å². The Morgan fingerprint density at radius 1 is 1.39 bits per heavy atom. The monoisotopic (exact) mass is 513 g/mol. The van der Waals surface area contributed by atoms with Gasteiger partial charge in [0.1, 0.15) is 0 Å². The third-order valence-corrected chi connectivity index (χ3v) is 9.71. The van der Waals surface area contributed by atoms with E-state index in [1.165, 1.54) is 12.1 Å². The number of halogens is 2. The van der Waals surface area contributed by atoms with Crippen molar-refractivity contribution in [1.29, 1.82) is 0 Å². The molecule has 1 spiro atoms. The minimum absolute atomic E-state index is 0.00490. The number of aromatic nitrogens is 3. The number of hydrogen-bond donors (Lipinski definition) is 3. The molecule has 1 amide bonds. The lowest BCUT2D eigenvalue weighted by atomic mass is 9.60. The molecule has 2 saturated carbocycles. The van der Waals surface area contributed by atoms with Gasteiger partial charge < -0.3 is 10.6 Å². The van der Waals surface area contributed by atoms with Crippen LogP contribution in [0.25, 0.3) is 11.3 Å². The molecule has 2 saturated heterocycles. The lowest BCUT2D eigenvalue weighted by Gasteiger charge is -2.58. The number of anilines is 1. The van der Waals surface area contributed by atoms with Gasteiger partial charge in [-0.3, -0.25) is 20.3 Å². The largest absolute Gasteiger partial charge is 0.381 e. The molecule has 2 aromatic heterocycles. The Labute approximate surface area is 215 Å². The number of nitrogens with zero attached hydrogens (tertiary/aromatic N) is 4. The smallest absolute Gasteiger partial charge is 0.245 e. The molecule has 4 fully saturated rings. The van der Waals surface area contributed by atoms with Crippen molar-refractivity contribution in [1.82, 2.24) is 30.5 Å². The molecule has 2 aliphatic carbocycles. The van der Waals surface area contributed by atoms with E-state index in [4.69, 9.17) is 22.4 Å². The summed E-state index contributed by atoms with van der Waals surface area (Å²) in [4.78, 5) is 17.9. The van der Waals surface area contributed by atoms with Gasteiger partial charge in [-0.2, -0.15) is 5.10 Å². The summed E-state index contributed by atoms with van der Waals surface area (Å²) >= 11 is 7.15. The van der Waals surface area contributed by atoms with Crippen molar-refractivity contribution in [2.24, 2.45) is 17.3 Å². The number of hydrogen-bond acceptors (Lipinski definition) is 6. The molecule has 192 valence electrons. The minimum atomic E-state index is -0.545. The van der Waals surface area contributed by atoms with Gasteiger partial charge in [0.05, 0.1) is 11.7 Å². The van der Waals surface area contributed by atoms with Crippen molar-refractivity contribution in [2.75, 3.05) is 25.4 Å². The molecule has 2 aliphatic heterocycles. The number of carbonyl (C=O) groups is 1. The number of carbonyl (C=O) groups excluding carboxylic acids is 1. The third kappa shape index (κ3) is 3.58. The number of pyridine rings is 1. The molecule has 5 unspecified atom stereocenters. The van der Waals surface area contributed by atoms with Gasteiger partial charge in [0.2, 0.25) is 5.91 Å². The van der Waals surface area contributed by atoms with Crippen molar-refractivity contribution in [3.8, 4) is 11.3 Å². The van der Waals surface area contributed by atoms with Crippen LogP contribution in [0.1, 0.15) is 49.4 Å². The Morgan fingerprint density at radius 3 is 2.83 bits per heavy atom. The zero-order chi connectivity index (χ0) is 25.4. The molecule has 0 aromatic carbocycles. The molecule has 10 heteroatoms. The highest BCUT2D eigenvalue weighted by atomic mass is 35.5. The summed E-state index contributed by atoms with van der Waals surface area (Å²) in [7, 11) is 0. The van der Waals surface area contributed by atoms with Crippen LogP contribution < -0.4 is 16.6 Å². The van der Waals surface area contributed by atoms with E-state index in [1.807, 2.05) is 4.90 Å². The van der Waals surface area contributed by atoms with Crippen LogP contribution >= 0.6 is 11.6 Å². The second-order valence-electron chi connectivity index (χ2n) is 11.3. The van der Waals surface area contributed by atoms with Crippen molar-refractivity contribution >= 4 is 23.3 Å². The first-order chi connectivity index (χ1) is 17.2. The van der Waals surface area contributed by atoms with Gasteiger partial charge in [-0.1, -0.05) is 13.5 Å². The maximum absolute atomic E-state index is 14.5. The highest BCUT2D eigenvalue weighted by molar-refractivity contribution is 6.21. The normalized spacial score (nSPS) is 31.1. The predicted molar refractivity (Wildman–Crippen MR) is 137 cm³/mol. The van der Waals surface area contributed by atoms with Gasteiger partial charge in [-0.25, -0.2) is 9.37 Å². The van der Waals surface area contributed by atoms with Crippen molar-refractivity contribution < 1.29 is 9.18 Å². The summed E-state index contributed by atoms with van der Waals surface area (Å²) in [6, 6.07) is 1.99. The van der Waals surface area contributed by atoms with Gasteiger partial charge in [0.25, 0.3) is 0 Å². The van der Waals surface area contributed by atoms with Crippen LogP contribution in [0.5, 0.6) is 0 Å². The standard InChI is InChI=1S/C26H33ClFN7O/c1-4-20(36)34-11-26(12-34)7-16(8-26)35-14(3)21(24(33-35)15-6-18(28)25(29)30-9-15)22-17-10-31-32-19(17)5-13(2)23(22)27/h4,6,9,13,16-17,19,22-23,31-32H,1,5,7-8,10-12H2,2-3H3,(H2,29,30). The fraction of sp³-hybridized carbons (Fsp3) is 0.577. The van der Waals surface area contributed by atoms with E-state index in [0.717, 1.165) is 55.8 Å². The molecule has 0 bridgehead atoms. The van der Waals surface area contributed by atoms with Gasteiger partial charge in [0, 0.05) is 65.4 Å². The Bertz CT molecular complexity index is 1220. The van der Waals surface area contributed by atoms with E-state index >= 15 is 0 Å². The summed E-state index contributed by atoms with van der Waals surface area (Å²) < 4.78 is 16.6. The number of rotatable bonds is 4. The summed E-state index contributed by atoms with van der Waals surface area (Å²) in [6.45, 7) is 10.3. The van der Waals surface area contributed by atoms with Gasteiger partial charge >= 0.3 is 0 Å². The molecule has 8 nitrogen and oxygen atoms in total. The van der Waals surface area contributed by atoms with Crippen LogP contribution in [-0.4, -0.2) is 56.6 Å². The number of hydrazine groups is 1. The van der Waals surface area contributed by atoms with E-state index in [2.05, 4.69) is 40.9 Å². The summed E-state index contributed by atoms with van der Waals surface area (Å²) in [5.41, 5.74) is 16.1. The lowest BCUT2D eigenvalue weighted by Crippen LogP contribution is -2.63. The van der Waals surface area contributed by atoms with Gasteiger partial charge in [-0.05, 0) is 50.2 Å². The zero-order valence-electron chi connectivity index (χ0n) is 20.7. The van der Waals surface area contributed by atoms with Crippen molar-refractivity contribution in [2.45, 2.75) is 56.5 Å².